The first-order chi connectivity index (χ1) is 11.0. The highest BCUT2D eigenvalue weighted by atomic mass is 16.7. The Kier molecular flexibility index (Phi) is 5.15. The average molecular weight is 312 g/mol. The van der Waals surface area contributed by atoms with E-state index in [0.717, 1.165) is 10.8 Å². The van der Waals surface area contributed by atoms with Crippen molar-refractivity contribution < 1.29 is 23.8 Å². The van der Waals surface area contributed by atoms with Crippen LogP contribution in [0.2, 0.25) is 0 Å². The van der Waals surface area contributed by atoms with Crippen LogP contribution >= 0.6 is 0 Å². The van der Waals surface area contributed by atoms with E-state index in [9.17, 15) is 9.59 Å². The van der Waals surface area contributed by atoms with Crippen molar-refractivity contribution in [2.45, 2.75) is 6.92 Å². The van der Waals surface area contributed by atoms with Crippen molar-refractivity contribution in [3.8, 4) is 11.5 Å². The zero-order valence-corrected chi connectivity index (χ0v) is 12.7. The molecule has 0 heterocycles. The van der Waals surface area contributed by atoms with Crippen molar-refractivity contribution in [3.05, 3.63) is 61.2 Å². The fraction of sp³-hybridized carbons (Fsp3) is 0.111. The topological polar surface area (TPSA) is 61.8 Å². The summed E-state index contributed by atoms with van der Waals surface area (Å²) < 4.78 is 15.0. The van der Waals surface area contributed by atoms with Gasteiger partial charge in [-0.05, 0) is 42.0 Å². The first-order valence-electron chi connectivity index (χ1n) is 6.86. The van der Waals surface area contributed by atoms with Gasteiger partial charge < -0.3 is 14.2 Å². The molecular formula is C18H16O5. The van der Waals surface area contributed by atoms with Crippen LogP contribution in [0.5, 0.6) is 11.5 Å². The largest absolute Gasteiger partial charge is 0.514 e. The molecule has 0 fully saturated rings. The van der Waals surface area contributed by atoms with Gasteiger partial charge in [-0.15, -0.1) is 0 Å². The average Bonchev–Trinajstić information content (AvgIpc) is 2.52. The maximum Gasteiger partial charge on any atom is 0.514 e. The first kappa shape index (κ1) is 16.3. The highest BCUT2D eigenvalue weighted by molar-refractivity contribution is 5.90. The van der Waals surface area contributed by atoms with E-state index >= 15 is 0 Å². The number of ether oxygens (including phenoxy) is 3. The molecule has 0 atom stereocenters. The summed E-state index contributed by atoms with van der Waals surface area (Å²) >= 11 is 0. The van der Waals surface area contributed by atoms with Crippen LogP contribution in [0.3, 0.4) is 0 Å². The van der Waals surface area contributed by atoms with Crippen molar-refractivity contribution in [3.63, 3.8) is 0 Å². The molecule has 0 amide bonds. The van der Waals surface area contributed by atoms with E-state index in [2.05, 4.69) is 13.2 Å². The Balaban J connectivity index is 2.15. The third kappa shape index (κ3) is 4.44. The number of benzene rings is 2. The molecule has 0 aliphatic heterocycles. The van der Waals surface area contributed by atoms with E-state index < -0.39 is 12.1 Å². The van der Waals surface area contributed by atoms with Gasteiger partial charge in [0.2, 0.25) is 0 Å². The Hall–Kier alpha value is -3.08. The maximum absolute atomic E-state index is 11.5. The van der Waals surface area contributed by atoms with E-state index in [0.29, 0.717) is 17.1 Å². The molecule has 0 aliphatic rings. The zero-order valence-electron chi connectivity index (χ0n) is 12.7. The molecule has 5 heteroatoms. The number of rotatable bonds is 5. The highest BCUT2D eigenvalue weighted by Gasteiger charge is 2.08. The van der Waals surface area contributed by atoms with Gasteiger partial charge in [0.15, 0.2) is 0 Å². The lowest BCUT2D eigenvalue weighted by atomic mass is 10.1. The fourth-order valence-electron chi connectivity index (χ4n) is 1.78. The van der Waals surface area contributed by atoms with Crippen LogP contribution < -0.4 is 9.47 Å². The molecule has 0 spiro atoms. The minimum absolute atomic E-state index is 0.0872. The predicted molar refractivity (Wildman–Crippen MR) is 86.6 cm³/mol. The lowest BCUT2D eigenvalue weighted by Gasteiger charge is -2.07. The summed E-state index contributed by atoms with van der Waals surface area (Å²) in [5.74, 6) is 0.303. The zero-order chi connectivity index (χ0) is 16.8. The molecule has 5 nitrogen and oxygen atoms in total. The Labute approximate surface area is 133 Å². The van der Waals surface area contributed by atoms with Crippen LogP contribution in [-0.4, -0.2) is 18.7 Å². The summed E-state index contributed by atoms with van der Waals surface area (Å²) in [6.45, 7) is 8.65. The van der Waals surface area contributed by atoms with E-state index in [4.69, 9.17) is 14.2 Å². The second kappa shape index (κ2) is 7.26. The van der Waals surface area contributed by atoms with Crippen LogP contribution in [-0.2, 0) is 9.53 Å². The smallest absolute Gasteiger partial charge is 0.430 e. The minimum Gasteiger partial charge on any atom is -0.430 e. The van der Waals surface area contributed by atoms with E-state index in [-0.39, 0.29) is 6.61 Å². The van der Waals surface area contributed by atoms with Crippen LogP contribution in [0.15, 0.2) is 61.2 Å². The number of carbonyl (C=O) groups excluding carboxylic acids is 2. The van der Waals surface area contributed by atoms with Gasteiger partial charge in [-0.2, -0.15) is 0 Å². The Morgan fingerprint density at radius 3 is 2.13 bits per heavy atom. The number of fused-ring (bicyclic) bond motifs is 1. The van der Waals surface area contributed by atoms with Crippen LogP contribution in [0.1, 0.15) is 6.92 Å². The normalized spacial score (nSPS) is 9.96. The molecule has 0 aliphatic carbocycles. The highest BCUT2D eigenvalue weighted by Crippen LogP contribution is 2.25. The SMILES string of the molecule is C=CCOC(=O)Oc1ccc2cc(OC(=O)C(=C)C)ccc2c1. The standard InChI is InChI=1S/C18H16O5/c1-4-9-21-18(20)23-16-8-6-13-10-15(7-5-14(13)11-16)22-17(19)12(2)3/h4-8,10-11H,1-2,9H2,3H3. The van der Waals surface area contributed by atoms with Gasteiger partial charge in [0.1, 0.15) is 18.1 Å². The van der Waals surface area contributed by atoms with Gasteiger partial charge in [-0.25, -0.2) is 9.59 Å². The molecule has 23 heavy (non-hydrogen) atoms. The van der Waals surface area contributed by atoms with Crippen molar-refractivity contribution in [1.82, 2.24) is 0 Å². The summed E-state index contributed by atoms with van der Waals surface area (Å²) in [6.07, 6.45) is 0.659. The summed E-state index contributed by atoms with van der Waals surface area (Å²) in [5, 5.41) is 1.66. The van der Waals surface area contributed by atoms with Crippen molar-refractivity contribution in [2.75, 3.05) is 6.61 Å². The number of hydrogen-bond acceptors (Lipinski definition) is 5. The van der Waals surface area contributed by atoms with Crippen LogP contribution in [0.4, 0.5) is 4.79 Å². The number of hydrogen-bond donors (Lipinski definition) is 0. The quantitative estimate of drug-likeness (QED) is 0.274. The van der Waals surface area contributed by atoms with E-state index in [1.807, 2.05) is 0 Å². The van der Waals surface area contributed by atoms with E-state index in [1.54, 1.807) is 43.3 Å². The molecule has 0 N–H and O–H groups in total. The second-order valence-corrected chi connectivity index (χ2v) is 4.79. The third-order valence-electron chi connectivity index (χ3n) is 2.86. The van der Waals surface area contributed by atoms with Crippen molar-refractivity contribution in [2.24, 2.45) is 0 Å². The molecule has 2 rings (SSSR count). The Morgan fingerprint density at radius 1 is 1.04 bits per heavy atom. The fourth-order valence-corrected chi connectivity index (χ4v) is 1.78. The molecule has 118 valence electrons. The van der Waals surface area contributed by atoms with Crippen LogP contribution in [0, 0.1) is 0 Å². The number of carbonyl (C=O) groups is 2. The summed E-state index contributed by atoms with van der Waals surface area (Å²) in [7, 11) is 0. The molecule has 0 aromatic heterocycles. The van der Waals surface area contributed by atoms with Gasteiger partial charge >= 0.3 is 12.1 Å². The molecule has 0 unspecified atom stereocenters. The molecule has 2 aromatic carbocycles. The molecule has 0 saturated heterocycles. The lowest BCUT2D eigenvalue weighted by molar-refractivity contribution is -0.130. The third-order valence-corrected chi connectivity index (χ3v) is 2.86. The molecule has 0 saturated carbocycles. The Morgan fingerprint density at radius 2 is 1.61 bits per heavy atom. The monoisotopic (exact) mass is 312 g/mol. The predicted octanol–water partition coefficient (Wildman–Crippen LogP) is 4.02. The Bertz CT molecular complexity index is 776. The molecule has 0 radical (unpaired) electrons. The molecular weight excluding hydrogens is 296 g/mol. The van der Waals surface area contributed by atoms with Gasteiger partial charge in [0, 0.05) is 5.57 Å². The second-order valence-electron chi connectivity index (χ2n) is 4.79. The minimum atomic E-state index is -0.795. The van der Waals surface area contributed by atoms with Crippen LogP contribution in [0.25, 0.3) is 10.8 Å². The molecule has 2 aromatic rings. The van der Waals surface area contributed by atoms with Gasteiger partial charge in [0.25, 0.3) is 0 Å². The van der Waals surface area contributed by atoms with E-state index in [1.165, 1.54) is 6.08 Å². The summed E-state index contributed by atoms with van der Waals surface area (Å²) in [5.41, 5.74) is 0.326. The van der Waals surface area contributed by atoms with Crippen molar-refractivity contribution in [1.29, 1.82) is 0 Å². The van der Waals surface area contributed by atoms with Crippen molar-refractivity contribution >= 4 is 22.9 Å². The summed E-state index contributed by atoms with van der Waals surface area (Å²) in [6, 6.07) is 10.2. The maximum atomic E-state index is 11.5. The van der Waals surface area contributed by atoms with Gasteiger partial charge in [-0.3, -0.25) is 0 Å². The first-order valence-corrected chi connectivity index (χ1v) is 6.86. The van der Waals surface area contributed by atoms with Gasteiger partial charge in [0.05, 0.1) is 0 Å². The van der Waals surface area contributed by atoms with Gasteiger partial charge in [-0.1, -0.05) is 31.4 Å². The summed E-state index contributed by atoms with van der Waals surface area (Å²) in [4.78, 5) is 22.9. The lowest BCUT2D eigenvalue weighted by Crippen LogP contribution is -2.10. The molecule has 0 bridgehead atoms. The number of esters is 1.